The lowest BCUT2D eigenvalue weighted by molar-refractivity contribution is 0.512. The maximum Gasteiger partial charge on any atom is 0.235 e. The molecular formula is C17H20F2N2O2S. The molecule has 0 spiro atoms. The fourth-order valence-electron chi connectivity index (χ4n) is 2.12. The zero-order valence-electron chi connectivity index (χ0n) is 13.9. The van der Waals surface area contributed by atoms with E-state index >= 15 is 0 Å². The summed E-state index contributed by atoms with van der Waals surface area (Å²) in [4.78, 5) is 0. The third kappa shape index (κ3) is 3.84. The number of nitrogens with one attached hydrogen (secondary N) is 2. The summed E-state index contributed by atoms with van der Waals surface area (Å²) < 4.78 is 54.3. The van der Waals surface area contributed by atoms with Crippen molar-refractivity contribution < 1.29 is 17.2 Å². The van der Waals surface area contributed by atoms with Crippen molar-refractivity contribution in [1.29, 1.82) is 0 Å². The van der Waals surface area contributed by atoms with Crippen LogP contribution >= 0.6 is 0 Å². The number of benzene rings is 2. The van der Waals surface area contributed by atoms with Gasteiger partial charge in [-0.2, -0.15) is 0 Å². The number of rotatable bonds is 5. The molecule has 0 bridgehead atoms. The van der Waals surface area contributed by atoms with Crippen LogP contribution in [0.3, 0.4) is 0 Å². The van der Waals surface area contributed by atoms with Crippen molar-refractivity contribution in [1.82, 2.24) is 0 Å². The molecule has 0 aliphatic rings. The highest BCUT2D eigenvalue weighted by Gasteiger charge is 2.21. The van der Waals surface area contributed by atoms with Gasteiger partial charge in [0, 0.05) is 5.69 Å². The molecule has 2 aromatic rings. The first kappa shape index (κ1) is 18.2. The minimum absolute atomic E-state index is 0.0393. The topological polar surface area (TPSA) is 58.2 Å². The second-order valence-corrected chi connectivity index (χ2v) is 8.16. The van der Waals surface area contributed by atoms with E-state index in [9.17, 15) is 17.2 Å². The number of halogens is 2. The Morgan fingerprint density at radius 1 is 1.00 bits per heavy atom. The van der Waals surface area contributed by atoms with Gasteiger partial charge in [0.25, 0.3) is 0 Å². The van der Waals surface area contributed by atoms with Crippen molar-refractivity contribution in [3.8, 4) is 0 Å². The van der Waals surface area contributed by atoms with Gasteiger partial charge in [0.2, 0.25) is 10.0 Å². The van der Waals surface area contributed by atoms with E-state index in [1.165, 1.54) is 19.9 Å². The molecule has 0 amide bonds. The summed E-state index contributed by atoms with van der Waals surface area (Å²) in [5.41, 5.74) is 2.14. The van der Waals surface area contributed by atoms with Gasteiger partial charge in [0.1, 0.15) is 5.69 Å². The van der Waals surface area contributed by atoms with Crippen LogP contribution in [0.15, 0.2) is 30.3 Å². The monoisotopic (exact) mass is 354 g/mol. The van der Waals surface area contributed by atoms with Gasteiger partial charge in [-0.05, 0) is 51.5 Å². The molecule has 4 nitrogen and oxygen atoms in total. The van der Waals surface area contributed by atoms with Gasteiger partial charge in [-0.3, -0.25) is 4.72 Å². The van der Waals surface area contributed by atoms with Crippen LogP contribution in [0.1, 0.15) is 25.0 Å². The Bertz CT molecular complexity index is 865. The summed E-state index contributed by atoms with van der Waals surface area (Å²) in [6.45, 7) is 6.74. The van der Waals surface area contributed by atoms with Crippen LogP contribution < -0.4 is 10.0 Å². The number of anilines is 3. The largest absolute Gasteiger partial charge is 0.351 e. The molecule has 7 heteroatoms. The van der Waals surface area contributed by atoms with E-state index in [0.29, 0.717) is 5.69 Å². The van der Waals surface area contributed by atoms with E-state index in [1.807, 2.05) is 26.0 Å². The molecule has 0 aliphatic carbocycles. The maximum absolute atomic E-state index is 14.3. The first-order valence-corrected chi connectivity index (χ1v) is 9.00. The SMILES string of the molecule is Cc1ccc(Nc2c(NS(=O)(=O)C(C)C)ccc(F)c2F)c(C)c1. The Balaban J connectivity index is 2.49. The van der Waals surface area contributed by atoms with Crippen LogP contribution in [-0.4, -0.2) is 13.7 Å². The fraction of sp³-hybridized carbons (Fsp3) is 0.294. The number of hydrogen-bond acceptors (Lipinski definition) is 3. The summed E-state index contributed by atoms with van der Waals surface area (Å²) in [5, 5.41) is 2.09. The van der Waals surface area contributed by atoms with E-state index in [0.717, 1.165) is 17.2 Å². The van der Waals surface area contributed by atoms with Gasteiger partial charge in [-0.15, -0.1) is 0 Å². The Kier molecular flexibility index (Phi) is 5.13. The number of sulfonamides is 1. The second kappa shape index (κ2) is 6.76. The molecule has 0 heterocycles. The second-order valence-electron chi connectivity index (χ2n) is 5.92. The lowest BCUT2D eigenvalue weighted by Crippen LogP contribution is -2.23. The Hall–Kier alpha value is -2.15. The van der Waals surface area contributed by atoms with Crippen molar-refractivity contribution >= 4 is 27.1 Å². The normalized spacial score (nSPS) is 11.6. The molecular weight excluding hydrogens is 334 g/mol. The van der Waals surface area contributed by atoms with Gasteiger partial charge in [-0.1, -0.05) is 17.7 Å². The third-order valence-corrected chi connectivity index (χ3v) is 5.35. The van der Waals surface area contributed by atoms with E-state index in [2.05, 4.69) is 10.0 Å². The molecule has 0 aromatic heterocycles. The molecule has 0 saturated carbocycles. The highest BCUT2D eigenvalue weighted by Crippen LogP contribution is 2.32. The van der Waals surface area contributed by atoms with Crippen LogP contribution in [0.2, 0.25) is 0 Å². The van der Waals surface area contributed by atoms with Gasteiger partial charge in [0.15, 0.2) is 11.6 Å². The lowest BCUT2D eigenvalue weighted by atomic mass is 10.1. The summed E-state index contributed by atoms with van der Waals surface area (Å²) in [5.74, 6) is -2.20. The zero-order chi connectivity index (χ0) is 18.1. The smallest absolute Gasteiger partial charge is 0.235 e. The summed E-state index contributed by atoms with van der Waals surface area (Å²) in [6.07, 6.45) is 0. The average molecular weight is 354 g/mol. The van der Waals surface area contributed by atoms with E-state index in [-0.39, 0.29) is 11.4 Å². The van der Waals surface area contributed by atoms with E-state index < -0.39 is 26.9 Å². The molecule has 0 saturated heterocycles. The first-order valence-electron chi connectivity index (χ1n) is 7.45. The molecule has 0 atom stereocenters. The molecule has 2 rings (SSSR count). The molecule has 0 radical (unpaired) electrons. The average Bonchev–Trinajstić information content (AvgIpc) is 2.48. The van der Waals surface area contributed by atoms with Crippen LogP contribution in [0, 0.1) is 25.5 Å². The van der Waals surface area contributed by atoms with Gasteiger partial charge in [0.05, 0.1) is 10.9 Å². The van der Waals surface area contributed by atoms with E-state index in [4.69, 9.17) is 0 Å². The Morgan fingerprint density at radius 3 is 2.21 bits per heavy atom. The quantitative estimate of drug-likeness (QED) is 0.832. The van der Waals surface area contributed by atoms with Crippen molar-refractivity contribution in [2.45, 2.75) is 32.9 Å². The van der Waals surface area contributed by atoms with Gasteiger partial charge in [-0.25, -0.2) is 17.2 Å². The molecule has 0 fully saturated rings. The van der Waals surface area contributed by atoms with Crippen molar-refractivity contribution in [3.05, 3.63) is 53.1 Å². The van der Waals surface area contributed by atoms with Crippen molar-refractivity contribution in [3.63, 3.8) is 0 Å². The standard InChI is InChI=1S/C17H20F2N2O2S/c1-10(2)24(22,23)21-15-8-6-13(18)16(19)17(15)20-14-7-5-11(3)9-12(14)4/h5-10,20-21H,1-4H3. The first-order chi connectivity index (χ1) is 11.1. The third-order valence-electron chi connectivity index (χ3n) is 3.61. The lowest BCUT2D eigenvalue weighted by Gasteiger charge is -2.18. The predicted octanol–water partition coefficient (Wildman–Crippen LogP) is 4.48. The maximum atomic E-state index is 14.3. The van der Waals surface area contributed by atoms with Crippen LogP contribution in [-0.2, 0) is 10.0 Å². The Morgan fingerprint density at radius 2 is 1.62 bits per heavy atom. The summed E-state index contributed by atoms with van der Waals surface area (Å²) >= 11 is 0. The summed E-state index contributed by atoms with van der Waals surface area (Å²) in [7, 11) is -3.69. The molecule has 0 unspecified atom stereocenters. The molecule has 0 aliphatic heterocycles. The predicted molar refractivity (Wildman–Crippen MR) is 93.2 cm³/mol. The Labute approximate surface area is 141 Å². The highest BCUT2D eigenvalue weighted by molar-refractivity contribution is 7.93. The molecule has 2 N–H and O–H groups in total. The van der Waals surface area contributed by atoms with Gasteiger partial charge >= 0.3 is 0 Å². The van der Waals surface area contributed by atoms with E-state index in [1.54, 1.807) is 6.07 Å². The fourth-order valence-corrected chi connectivity index (χ4v) is 2.83. The number of aryl methyl sites for hydroxylation is 2. The zero-order valence-corrected chi connectivity index (χ0v) is 14.8. The van der Waals surface area contributed by atoms with Crippen LogP contribution in [0.5, 0.6) is 0 Å². The number of hydrogen-bond donors (Lipinski definition) is 2. The molecule has 130 valence electrons. The summed E-state index contributed by atoms with van der Waals surface area (Å²) in [6, 6.07) is 7.53. The van der Waals surface area contributed by atoms with Crippen LogP contribution in [0.25, 0.3) is 0 Å². The van der Waals surface area contributed by atoms with Crippen LogP contribution in [0.4, 0.5) is 25.8 Å². The molecule has 2 aromatic carbocycles. The minimum atomic E-state index is -3.69. The van der Waals surface area contributed by atoms with Gasteiger partial charge < -0.3 is 5.32 Å². The van der Waals surface area contributed by atoms with Crippen molar-refractivity contribution in [2.24, 2.45) is 0 Å². The minimum Gasteiger partial charge on any atom is -0.351 e. The molecule has 24 heavy (non-hydrogen) atoms. The highest BCUT2D eigenvalue weighted by atomic mass is 32.2. The van der Waals surface area contributed by atoms with Crippen molar-refractivity contribution in [2.75, 3.05) is 10.0 Å².